The third kappa shape index (κ3) is 2.09. The van der Waals surface area contributed by atoms with Crippen molar-refractivity contribution >= 4 is 5.95 Å². The van der Waals surface area contributed by atoms with Gasteiger partial charge in [0.25, 0.3) is 0 Å². The zero-order valence-electron chi connectivity index (χ0n) is 9.40. The Hall–Kier alpha value is -1.16. The van der Waals surface area contributed by atoms with Gasteiger partial charge in [-0.15, -0.1) is 0 Å². The summed E-state index contributed by atoms with van der Waals surface area (Å²) in [7, 11) is 0. The molecule has 1 aromatic heterocycles. The second-order valence-electron chi connectivity index (χ2n) is 4.19. The first-order chi connectivity index (χ1) is 7.20. The second kappa shape index (κ2) is 4.14. The molecule has 1 aliphatic rings. The molecule has 2 N–H and O–H groups in total. The highest BCUT2D eigenvalue weighted by atomic mass is 15.3. The molecule has 0 spiro atoms. The van der Waals surface area contributed by atoms with E-state index in [1.54, 1.807) is 0 Å². The lowest BCUT2D eigenvalue weighted by Gasteiger charge is -2.21. The van der Waals surface area contributed by atoms with Gasteiger partial charge < -0.3 is 10.6 Å². The molecule has 1 unspecified atom stereocenters. The number of aromatic nitrogens is 2. The highest BCUT2D eigenvalue weighted by Gasteiger charge is 2.22. The molecule has 2 heterocycles. The number of anilines is 1. The van der Waals surface area contributed by atoms with Crippen molar-refractivity contribution in [2.24, 2.45) is 5.73 Å². The van der Waals surface area contributed by atoms with Gasteiger partial charge in [0.15, 0.2) is 0 Å². The van der Waals surface area contributed by atoms with Gasteiger partial charge >= 0.3 is 0 Å². The van der Waals surface area contributed by atoms with E-state index in [0.717, 1.165) is 23.9 Å². The largest absolute Gasteiger partial charge is 0.338 e. The van der Waals surface area contributed by atoms with Gasteiger partial charge in [0, 0.05) is 24.8 Å². The Labute approximate surface area is 90.5 Å². The molecule has 0 aromatic carbocycles. The summed E-state index contributed by atoms with van der Waals surface area (Å²) >= 11 is 0. The van der Waals surface area contributed by atoms with Crippen molar-refractivity contribution in [1.82, 2.24) is 9.97 Å². The van der Waals surface area contributed by atoms with Crippen LogP contribution >= 0.6 is 0 Å². The molecular formula is C11H18N4. The Balaban J connectivity index is 2.30. The van der Waals surface area contributed by atoms with Crippen LogP contribution < -0.4 is 10.6 Å². The third-order valence-corrected chi connectivity index (χ3v) is 2.91. The van der Waals surface area contributed by atoms with Gasteiger partial charge in [-0.1, -0.05) is 0 Å². The first kappa shape index (κ1) is 10.4. The Morgan fingerprint density at radius 3 is 2.93 bits per heavy atom. The predicted molar refractivity (Wildman–Crippen MR) is 60.7 cm³/mol. The van der Waals surface area contributed by atoms with Crippen LogP contribution in [0.4, 0.5) is 5.95 Å². The van der Waals surface area contributed by atoms with Crippen molar-refractivity contribution in [2.75, 3.05) is 11.4 Å². The van der Waals surface area contributed by atoms with Gasteiger partial charge in [0.2, 0.25) is 5.95 Å². The van der Waals surface area contributed by atoms with Crippen molar-refractivity contribution in [1.29, 1.82) is 0 Å². The normalized spacial score (nSPS) is 21.0. The lowest BCUT2D eigenvalue weighted by Crippen LogP contribution is -2.28. The lowest BCUT2D eigenvalue weighted by atomic mass is 10.2. The van der Waals surface area contributed by atoms with E-state index in [2.05, 4.69) is 21.8 Å². The molecule has 1 saturated heterocycles. The molecule has 82 valence electrons. The van der Waals surface area contributed by atoms with Crippen LogP contribution in [0.15, 0.2) is 6.07 Å². The summed E-state index contributed by atoms with van der Waals surface area (Å²) in [4.78, 5) is 11.2. The molecule has 1 aromatic rings. The summed E-state index contributed by atoms with van der Waals surface area (Å²) in [5, 5.41) is 0. The number of aryl methyl sites for hydroxylation is 1. The summed E-state index contributed by atoms with van der Waals surface area (Å²) in [6, 6.07) is 2.50. The molecular weight excluding hydrogens is 188 g/mol. The van der Waals surface area contributed by atoms with Crippen LogP contribution in [0.25, 0.3) is 0 Å². The molecule has 0 saturated carbocycles. The maximum absolute atomic E-state index is 5.61. The van der Waals surface area contributed by atoms with Crippen LogP contribution in [0.5, 0.6) is 0 Å². The van der Waals surface area contributed by atoms with Gasteiger partial charge in [-0.3, -0.25) is 0 Å². The van der Waals surface area contributed by atoms with E-state index in [4.69, 9.17) is 5.73 Å². The van der Waals surface area contributed by atoms with Gasteiger partial charge in [-0.25, -0.2) is 9.97 Å². The van der Waals surface area contributed by atoms with Crippen LogP contribution in [-0.4, -0.2) is 22.6 Å². The van der Waals surface area contributed by atoms with Gasteiger partial charge in [0.05, 0.1) is 5.69 Å². The quantitative estimate of drug-likeness (QED) is 0.790. The molecule has 4 heteroatoms. The average molecular weight is 206 g/mol. The maximum Gasteiger partial charge on any atom is 0.226 e. The Bertz CT molecular complexity index is 350. The summed E-state index contributed by atoms with van der Waals surface area (Å²) in [6.07, 6.45) is 2.46. The van der Waals surface area contributed by atoms with E-state index in [9.17, 15) is 0 Å². The summed E-state index contributed by atoms with van der Waals surface area (Å²) in [5.74, 6) is 0.848. The van der Waals surface area contributed by atoms with E-state index in [1.165, 1.54) is 12.8 Å². The number of nitrogens with two attached hydrogens (primary N) is 1. The second-order valence-corrected chi connectivity index (χ2v) is 4.19. The zero-order chi connectivity index (χ0) is 10.8. The Morgan fingerprint density at radius 2 is 2.33 bits per heavy atom. The maximum atomic E-state index is 5.61. The van der Waals surface area contributed by atoms with Gasteiger partial charge in [0.1, 0.15) is 0 Å². The lowest BCUT2D eigenvalue weighted by molar-refractivity contribution is 0.711. The SMILES string of the molecule is Cc1cc(CN)nc(N2CCCC2C)n1. The van der Waals surface area contributed by atoms with Crippen molar-refractivity contribution < 1.29 is 0 Å². The minimum atomic E-state index is 0.485. The first-order valence-corrected chi connectivity index (χ1v) is 5.52. The molecule has 15 heavy (non-hydrogen) atoms. The number of nitrogens with zero attached hydrogens (tertiary/aromatic N) is 3. The highest BCUT2D eigenvalue weighted by molar-refractivity contribution is 5.35. The predicted octanol–water partition coefficient (Wildman–Crippen LogP) is 1.23. The highest BCUT2D eigenvalue weighted by Crippen LogP contribution is 2.22. The van der Waals surface area contributed by atoms with E-state index in [-0.39, 0.29) is 0 Å². The van der Waals surface area contributed by atoms with Crippen LogP contribution in [0.3, 0.4) is 0 Å². The monoisotopic (exact) mass is 206 g/mol. The van der Waals surface area contributed by atoms with Gasteiger partial charge in [-0.2, -0.15) is 0 Å². The Morgan fingerprint density at radius 1 is 1.53 bits per heavy atom. The summed E-state index contributed by atoms with van der Waals surface area (Å²) < 4.78 is 0. The molecule has 0 aliphatic carbocycles. The molecule has 0 radical (unpaired) electrons. The van der Waals surface area contributed by atoms with Crippen molar-refractivity contribution in [3.63, 3.8) is 0 Å². The number of hydrogen-bond acceptors (Lipinski definition) is 4. The first-order valence-electron chi connectivity index (χ1n) is 5.52. The molecule has 1 atom stereocenters. The summed E-state index contributed by atoms with van der Waals surface area (Å²) in [5.41, 5.74) is 7.54. The topological polar surface area (TPSA) is 55.0 Å². The number of hydrogen-bond donors (Lipinski definition) is 1. The standard InChI is InChI=1S/C11H18N4/c1-8-6-10(7-12)14-11(13-8)15-5-3-4-9(15)2/h6,9H,3-5,7,12H2,1-2H3. The van der Waals surface area contributed by atoms with Crippen LogP contribution in [-0.2, 0) is 6.54 Å². The fourth-order valence-electron chi connectivity index (χ4n) is 2.08. The Kier molecular flexibility index (Phi) is 2.86. The van der Waals surface area contributed by atoms with E-state index in [0.29, 0.717) is 12.6 Å². The third-order valence-electron chi connectivity index (χ3n) is 2.91. The molecule has 1 aliphatic heterocycles. The van der Waals surface area contributed by atoms with E-state index in [1.807, 2.05) is 13.0 Å². The molecule has 0 amide bonds. The molecule has 0 bridgehead atoms. The minimum absolute atomic E-state index is 0.485. The van der Waals surface area contributed by atoms with E-state index < -0.39 is 0 Å². The van der Waals surface area contributed by atoms with Crippen LogP contribution in [0, 0.1) is 6.92 Å². The van der Waals surface area contributed by atoms with Crippen molar-refractivity contribution in [2.45, 2.75) is 39.3 Å². The molecule has 4 nitrogen and oxygen atoms in total. The molecule has 2 rings (SSSR count). The van der Waals surface area contributed by atoms with Gasteiger partial charge in [-0.05, 0) is 32.8 Å². The smallest absolute Gasteiger partial charge is 0.226 e. The fourth-order valence-corrected chi connectivity index (χ4v) is 2.08. The van der Waals surface area contributed by atoms with Crippen molar-refractivity contribution in [3.05, 3.63) is 17.5 Å². The van der Waals surface area contributed by atoms with E-state index >= 15 is 0 Å². The average Bonchev–Trinajstić information content (AvgIpc) is 2.63. The number of rotatable bonds is 2. The van der Waals surface area contributed by atoms with Crippen molar-refractivity contribution in [3.8, 4) is 0 Å². The molecule has 1 fully saturated rings. The van der Waals surface area contributed by atoms with Crippen LogP contribution in [0.2, 0.25) is 0 Å². The zero-order valence-corrected chi connectivity index (χ0v) is 9.40. The fraction of sp³-hybridized carbons (Fsp3) is 0.636. The minimum Gasteiger partial charge on any atom is -0.338 e. The van der Waals surface area contributed by atoms with Crippen LogP contribution in [0.1, 0.15) is 31.2 Å². The summed E-state index contributed by atoms with van der Waals surface area (Å²) in [6.45, 7) is 5.76.